The van der Waals surface area contributed by atoms with E-state index in [1.807, 2.05) is 42.8 Å². The predicted molar refractivity (Wildman–Crippen MR) is 134 cm³/mol. The number of benzene rings is 2. The third-order valence-corrected chi connectivity index (χ3v) is 5.60. The number of guanidine groups is 1. The molecule has 1 heterocycles. The van der Waals surface area contributed by atoms with Gasteiger partial charge in [-0.3, -0.25) is 0 Å². The Morgan fingerprint density at radius 2 is 1.88 bits per heavy atom. The van der Waals surface area contributed by atoms with Gasteiger partial charge in [-0.2, -0.15) is 0 Å². The maximum Gasteiger partial charge on any atom is 0.192 e. The lowest BCUT2D eigenvalue weighted by atomic mass is 10.2. The highest BCUT2D eigenvalue weighted by molar-refractivity contribution is 5.79. The van der Waals surface area contributed by atoms with Gasteiger partial charge in [0.05, 0.1) is 20.2 Å². The summed E-state index contributed by atoms with van der Waals surface area (Å²) in [6.45, 7) is 9.91. The van der Waals surface area contributed by atoms with E-state index in [2.05, 4.69) is 63.8 Å². The molecule has 1 aromatic heterocycles. The van der Waals surface area contributed by atoms with Gasteiger partial charge in [0.15, 0.2) is 11.8 Å². The molecular formula is C25H35N7O. The zero-order chi connectivity index (χ0) is 23.6. The number of hydrogen-bond acceptors (Lipinski definition) is 5. The Hall–Kier alpha value is -3.55. The average molecular weight is 450 g/mol. The molecule has 0 saturated heterocycles. The quantitative estimate of drug-likeness (QED) is 0.366. The molecule has 3 aromatic rings. The minimum Gasteiger partial charge on any atom is -0.497 e. The molecule has 33 heavy (non-hydrogen) atoms. The predicted octanol–water partition coefficient (Wildman–Crippen LogP) is 3.20. The highest BCUT2D eigenvalue weighted by Crippen LogP contribution is 2.15. The first-order valence-electron chi connectivity index (χ1n) is 11.3. The molecule has 0 aliphatic carbocycles. The molecule has 0 atom stereocenters. The van der Waals surface area contributed by atoms with Gasteiger partial charge in [0.25, 0.3) is 0 Å². The number of aliphatic imine (C=N–C) groups is 1. The van der Waals surface area contributed by atoms with E-state index in [1.165, 1.54) is 11.3 Å². The van der Waals surface area contributed by atoms with Gasteiger partial charge in [-0.05, 0) is 56.2 Å². The molecule has 8 heteroatoms. The highest BCUT2D eigenvalue weighted by atomic mass is 16.5. The number of hydrogen-bond donors (Lipinski definition) is 2. The van der Waals surface area contributed by atoms with Gasteiger partial charge in [-0.1, -0.05) is 24.3 Å². The van der Waals surface area contributed by atoms with E-state index in [-0.39, 0.29) is 0 Å². The Morgan fingerprint density at radius 3 is 2.52 bits per heavy atom. The third kappa shape index (κ3) is 6.97. The molecule has 0 saturated carbocycles. The number of anilines is 1. The number of nitrogens with one attached hydrogen (secondary N) is 2. The van der Waals surface area contributed by atoms with Crippen LogP contribution in [0.4, 0.5) is 5.69 Å². The lowest BCUT2D eigenvalue weighted by Gasteiger charge is -2.24. The first kappa shape index (κ1) is 24.1. The largest absolute Gasteiger partial charge is 0.497 e. The second-order valence-electron chi connectivity index (χ2n) is 7.93. The van der Waals surface area contributed by atoms with E-state index >= 15 is 0 Å². The van der Waals surface area contributed by atoms with Crippen molar-refractivity contribution in [3.8, 4) is 5.75 Å². The summed E-state index contributed by atoms with van der Waals surface area (Å²) in [5.41, 5.74) is 3.61. The van der Waals surface area contributed by atoms with Crippen molar-refractivity contribution < 1.29 is 4.74 Å². The number of aromatic nitrogens is 3. The van der Waals surface area contributed by atoms with Gasteiger partial charge in [0.2, 0.25) is 0 Å². The van der Waals surface area contributed by atoms with Crippen molar-refractivity contribution in [3.05, 3.63) is 71.3 Å². The molecule has 0 radical (unpaired) electrons. The molecular weight excluding hydrogens is 414 g/mol. The van der Waals surface area contributed by atoms with Gasteiger partial charge >= 0.3 is 0 Å². The van der Waals surface area contributed by atoms with Crippen molar-refractivity contribution >= 4 is 11.6 Å². The van der Waals surface area contributed by atoms with Gasteiger partial charge in [0, 0.05) is 32.4 Å². The smallest absolute Gasteiger partial charge is 0.192 e. The fourth-order valence-corrected chi connectivity index (χ4v) is 3.45. The summed E-state index contributed by atoms with van der Waals surface area (Å²) >= 11 is 0. The molecule has 0 unspecified atom stereocenters. The third-order valence-electron chi connectivity index (χ3n) is 5.60. The van der Waals surface area contributed by atoms with E-state index in [1.54, 1.807) is 7.11 Å². The second-order valence-corrected chi connectivity index (χ2v) is 7.93. The van der Waals surface area contributed by atoms with Crippen LogP contribution in [0, 0.1) is 13.8 Å². The van der Waals surface area contributed by atoms with Crippen molar-refractivity contribution in [2.45, 2.75) is 33.9 Å². The first-order chi connectivity index (χ1) is 16.0. The maximum absolute atomic E-state index is 5.25. The maximum atomic E-state index is 5.25. The van der Waals surface area contributed by atoms with E-state index in [9.17, 15) is 0 Å². The summed E-state index contributed by atoms with van der Waals surface area (Å²) in [6, 6.07) is 16.6. The zero-order valence-electron chi connectivity index (χ0n) is 20.3. The van der Waals surface area contributed by atoms with Crippen LogP contribution in [0.25, 0.3) is 0 Å². The Morgan fingerprint density at radius 1 is 1.09 bits per heavy atom. The highest BCUT2D eigenvalue weighted by Gasteiger charge is 2.08. The van der Waals surface area contributed by atoms with Crippen molar-refractivity contribution in [1.29, 1.82) is 0 Å². The zero-order valence-corrected chi connectivity index (χ0v) is 20.3. The van der Waals surface area contributed by atoms with Gasteiger partial charge < -0.3 is 24.8 Å². The summed E-state index contributed by atoms with van der Waals surface area (Å²) in [7, 11) is 3.64. The van der Waals surface area contributed by atoms with Gasteiger partial charge in [-0.25, -0.2) is 4.99 Å². The fourth-order valence-electron chi connectivity index (χ4n) is 3.45. The molecule has 0 aliphatic heterocycles. The molecule has 0 spiro atoms. The van der Waals surface area contributed by atoms with Crippen LogP contribution in [0.5, 0.6) is 5.75 Å². The number of rotatable bonds is 10. The van der Waals surface area contributed by atoms with E-state index < -0.39 is 0 Å². The average Bonchev–Trinajstić information content (AvgIpc) is 3.15. The van der Waals surface area contributed by atoms with Gasteiger partial charge in [0.1, 0.15) is 11.6 Å². The van der Waals surface area contributed by atoms with Crippen LogP contribution in [0.15, 0.2) is 53.5 Å². The van der Waals surface area contributed by atoms with Gasteiger partial charge in [-0.15, -0.1) is 10.2 Å². The van der Waals surface area contributed by atoms with E-state index in [0.29, 0.717) is 13.1 Å². The standard InChI is InChI=1S/C25H35N7O/c1-6-32(22-9-7-8-19(2)16-22)15-14-26-25(28-18-24-30-29-20(3)31(24)4)27-17-21-10-12-23(33-5)13-11-21/h7-13,16H,6,14-15,17-18H2,1-5H3,(H2,26,27,28). The summed E-state index contributed by atoms with van der Waals surface area (Å²) in [5, 5.41) is 15.2. The Balaban J connectivity index is 1.64. The topological polar surface area (TPSA) is 79.6 Å². The van der Waals surface area contributed by atoms with Crippen LogP contribution >= 0.6 is 0 Å². The molecule has 0 aliphatic rings. The summed E-state index contributed by atoms with van der Waals surface area (Å²) < 4.78 is 7.22. The molecule has 176 valence electrons. The number of aryl methyl sites for hydroxylation is 2. The van der Waals surface area contributed by atoms with Crippen LogP contribution in [0.1, 0.15) is 29.7 Å². The van der Waals surface area contributed by atoms with E-state index in [4.69, 9.17) is 9.73 Å². The normalized spacial score (nSPS) is 11.4. The summed E-state index contributed by atoms with van der Waals surface area (Å²) in [5.74, 6) is 3.33. The second kappa shape index (κ2) is 11.9. The number of likely N-dealkylation sites (N-methyl/N-ethyl adjacent to an activating group) is 1. The van der Waals surface area contributed by atoms with E-state index in [0.717, 1.165) is 48.6 Å². The number of nitrogens with zero attached hydrogens (tertiary/aromatic N) is 5. The van der Waals surface area contributed by atoms with Crippen molar-refractivity contribution in [2.75, 3.05) is 31.6 Å². The Kier molecular flexibility index (Phi) is 8.69. The minimum atomic E-state index is 0.543. The van der Waals surface area contributed by atoms with Crippen LogP contribution in [-0.4, -0.2) is 47.5 Å². The van der Waals surface area contributed by atoms with Crippen LogP contribution in [-0.2, 0) is 20.1 Å². The lowest BCUT2D eigenvalue weighted by Crippen LogP contribution is -2.41. The first-order valence-corrected chi connectivity index (χ1v) is 11.3. The van der Waals surface area contributed by atoms with Crippen molar-refractivity contribution in [3.63, 3.8) is 0 Å². The van der Waals surface area contributed by atoms with Crippen molar-refractivity contribution in [2.24, 2.45) is 12.0 Å². The van der Waals surface area contributed by atoms with Crippen LogP contribution < -0.4 is 20.3 Å². The molecule has 8 nitrogen and oxygen atoms in total. The summed E-state index contributed by atoms with van der Waals surface area (Å²) in [6.07, 6.45) is 0. The molecule has 0 amide bonds. The minimum absolute atomic E-state index is 0.543. The molecule has 2 aromatic carbocycles. The molecule has 0 fully saturated rings. The van der Waals surface area contributed by atoms with Crippen LogP contribution in [0.2, 0.25) is 0 Å². The molecule has 3 rings (SSSR count). The van der Waals surface area contributed by atoms with Crippen LogP contribution in [0.3, 0.4) is 0 Å². The monoisotopic (exact) mass is 449 g/mol. The lowest BCUT2D eigenvalue weighted by molar-refractivity contribution is 0.414. The fraction of sp³-hybridized carbons (Fsp3) is 0.400. The Bertz CT molecular complexity index is 1040. The number of ether oxygens (including phenoxy) is 1. The SMILES string of the molecule is CCN(CCNC(=NCc1ccc(OC)cc1)NCc1nnc(C)n1C)c1cccc(C)c1. The number of methoxy groups -OCH3 is 1. The van der Waals surface area contributed by atoms with Crippen molar-refractivity contribution in [1.82, 2.24) is 25.4 Å². The molecule has 0 bridgehead atoms. The molecule has 2 N–H and O–H groups in total. The Labute approximate surface area is 196 Å². The summed E-state index contributed by atoms with van der Waals surface area (Å²) in [4.78, 5) is 7.14.